The second-order valence-electron chi connectivity index (χ2n) is 2.69. The van der Waals surface area contributed by atoms with E-state index in [2.05, 4.69) is 5.10 Å². The lowest BCUT2D eigenvalue weighted by molar-refractivity contribution is 0.570. The van der Waals surface area contributed by atoms with Crippen LogP contribution in [0, 0.1) is 0 Å². The molecule has 0 unspecified atom stereocenters. The fourth-order valence-corrected chi connectivity index (χ4v) is 1.46. The van der Waals surface area contributed by atoms with E-state index in [0.717, 1.165) is 19.2 Å². The lowest BCUT2D eigenvalue weighted by atomic mass is 10.5. The Bertz CT molecular complexity index is 353. The zero-order valence-corrected chi connectivity index (χ0v) is 8.00. The summed E-state index contributed by atoms with van der Waals surface area (Å²) in [7, 11) is -3.13. The Kier molecular flexibility index (Phi) is 2.52. The summed E-state index contributed by atoms with van der Waals surface area (Å²) in [5, 5.41) is 4.05. The first kappa shape index (κ1) is 9.25. The Morgan fingerprint density at radius 3 is 2.67 bits per heavy atom. The molecular weight excluding hydrogens is 176 g/mol. The Balaban J connectivity index is 2.92. The molecule has 1 aromatic heterocycles. The van der Waals surface area contributed by atoms with Gasteiger partial charge in [0.05, 0.1) is 0 Å². The lowest BCUT2D eigenvalue weighted by Crippen LogP contribution is -2.02. The van der Waals surface area contributed by atoms with Gasteiger partial charge < -0.3 is 0 Å². The minimum Gasteiger partial charge on any atom is -0.271 e. The fourth-order valence-electron chi connectivity index (χ4n) is 0.894. The Morgan fingerprint density at radius 1 is 1.58 bits per heavy atom. The molecule has 0 fully saturated rings. The SMILES string of the molecule is CCCn1ccc(S(C)(=O)=O)n1. The first-order chi connectivity index (χ1) is 5.54. The maximum Gasteiger partial charge on any atom is 0.194 e. The Morgan fingerprint density at radius 2 is 2.25 bits per heavy atom. The topological polar surface area (TPSA) is 52.0 Å². The number of nitrogens with zero attached hydrogens (tertiary/aromatic N) is 2. The lowest BCUT2D eigenvalue weighted by Gasteiger charge is -1.95. The second kappa shape index (κ2) is 3.26. The van der Waals surface area contributed by atoms with Gasteiger partial charge in [-0.05, 0) is 12.5 Å². The molecule has 5 heteroatoms. The number of sulfone groups is 1. The zero-order chi connectivity index (χ0) is 9.19. The van der Waals surface area contributed by atoms with Crippen LogP contribution >= 0.6 is 0 Å². The van der Waals surface area contributed by atoms with E-state index in [9.17, 15) is 8.42 Å². The van der Waals surface area contributed by atoms with Crippen LogP contribution in [0.3, 0.4) is 0 Å². The van der Waals surface area contributed by atoms with Crippen molar-refractivity contribution in [3.8, 4) is 0 Å². The number of rotatable bonds is 3. The molecule has 0 aliphatic heterocycles. The molecule has 0 amide bonds. The molecule has 0 radical (unpaired) electrons. The molecule has 0 bridgehead atoms. The van der Waals surface area contributed by atoms with Crippen molar-refractivity contribution in [1.82, 2.24) is 9.78 Å². The number of hydrogen-bond donors (Lipinski definition) is 0. The summed E-state index contributed by atoms with van der Waals surface area (Å²) >= 11 is 0. The van der Waals surface area contributed by atoms with E-state index < -0.39 is 9.84 Å². The van der Waals surface area contributed by atoms with Crippen LogP contribution in [0.4, 0.5) is 0 Å². The molecule has 1 heterocycles. The van der Waals surface area contributed by atoms with E-state index in [-0.39, 0.29) is 5.03 Å². The summed E-state index contributed by atoms with van der Waals surface area (Å²) in [5.41, 5.74) is 0. The molecule has 0 aromatic carbocycles. The van der Waals surface area contributed by atoms with Crippen LogP contribution in [-0.4, -0.2) is 24.5 Å². The monoisotopic (exact) mass is 188 g/mol. The van der Waals surface area contributed by atoms with Crippen LogP contribution in [-0.2, 0) is 16.4 Å². The normalized spacial score (nSPS) is 11.8. The van der Waals surface area contributed by atoms with Crippen molar-refractivity contribution in [3.63, 3.8) is 0 Å². The van der Waals surface area contributed by atoms with Crippen molar-refractivity contribution in [2.75, 3.05) is 6.26 Å². The van der Waals surface area contributed by atoms with Crippen LogP contribution < -0.4 is 0 Å². The minimum atomic E-state index is -3.13. The van der Waals surface area contributed by atoms with Gasteiger partial charge in [0.15, 0.2) is 14.9 Å². The molecular formula is C7H12N2O2S. The third-order valence-corrected chi connectivity index (χ3v) is 2.43. The number of hydrogen-bond acceptors (Lipinski definition) is 3. The Labute approximate surface area is 72.1 Å². The predicted molar refractivity (Wildman–Crippen MR) is 45.6 cm³/mol. The van der Waals surface area contributed by atoms with Gasteiger partial charge in [0, 0.05) is 19.0 Å². The van der Waals surface area contributed by atoms with Crippen LogP contribution in [0.15, 0.2) is 17.3 Å². The molecule has 1 rings (SSSR count). The summed E-state index contributed by atoms with van der Waals surface area (Å²) in [6, 6.07) is 1.52. The predicted octanol–water partition coefficient (Wildman–Crippen LogP) is 0.697. The van der Waals surface area contributed by atoms with Crippen LogP contribution in [0.1, 0.15) is 13.3 Å². The van der Waals surface area contributed by atoms with Crippen molar-refractivity contribution in [2.45, 2.75) is 24.9 Å². The van der Waals surface area contributed by atoms with Gasteiger partial charge in [0.25, 0.3) is 0 Å². The Hall–Kier alpha value is -0.840. The first-order valence-electron chi connectivity index (χ1n) is 3.77. The highest BCUT2D eigenvalue weighted by atomic mass is 32.2. The van der Waals surface area contributed by atoms with Crippen LogP contribution in [0.2, 0.25) is 0 Å². The molecule has 0 aliphatic rings. The van der Waals surface area contributed by atoms with E-state index in [1.54, 1.807) is 10.9 Å². The van der Waals surface area contributed by atoms with E-state index in [4.69, 9.17) is 0 Å². The summed E-state index contributed by atoms with van der Waals surface area (Å²) in [6.07, 6.45) is 3.79. The van der Waals surface area contributed by atoms with Gasteiger partial charge in [-0.2, -0.15) is 5.10 Å². The highest BCUT2D eigenvalue weighted by molar-refractivity contribution is 7.90. The summed E-state index contributed by atoms with van der Waals surface area (Å²) in [6.45, 7) is 2.78. The van der Waals surface area contributed by atoms with Gasteiger partial charge in [0.2, 0.25) is 0 Å². The van der Waals surface area contributed by atoms with E-state index in [1.165, 1.54) is 6.07 Å². The van der Waals surface area contributed by atoms with Crippen LogP contribution in [0.5, 0.6) is 0 Å². The molecule has 0 saturated carbocycles. The zero-order valence-electron chi connectivity index (χ0n) is 7.19. The van der Waals surface area contributed by atoms with Gasteiger partial charge in [-0.3, -0.25) is 4.68 Å². The number of aryl methyl sites for hydroxylation is 1. The van der Waals surface area contributed by atoms with Crippen molar-refractivity contribution in [1.29, 1.82) is 0 Å². The highest BCUT2D eigenvalue weighted by Crippen LogP contribution is 2.04. The van der Waals surface area contributed by atoms with Gasteiger partial charge >= 0.3 is 0 Å². The summed E-state index contributed by atoms with van der Waals surface area (Å²) < 4.78 is 23.6. The minimum absolute atomic E-state index is 0.149. The standard InChI is InChI=1S/C7H12N2O2S/c1-3-5-9-6-4-7(8-9)12(2,10)11/h4,6H,3,5H2,1-2H3. The smallest absolute Gasteiger partial charge is 0.194 e. The van der Waals surface area contributed by atoms with E-state index in [0.29, 0.717) is 0 Å². The highest BCUT2D eigenvalue weighted by Gasteiger charge is 2.09. The van der Waals surface area contributed by atoms with Gasteiger partial charge in [-0.25, -0.2) is 8.42 Å². The fraction of sp³-hybridized carbons (Fsp3) is 0.571. The molecule has 0 N–H and O–H groups in total. The van der Waals surface area contributed by atoms with Crippen molar-refractivity contribution in [2.24, 2.45) is 0 Å². The second-order valence-corrected chi connectivity index (χ2v) is 4.65. The molecule has 0 atom stereocenters. The average Bonchev–Trinajstić information content (AvgIpc) is 2.35. The third kappa shape index (κ3) is 2.07. The van der Waals surface area contributed by atoms with Crippen molar-refractivity contribution < 1.29 is 8.42 Å². The first-order valence-corrected chi connectivity index (χ1v) is 5.66. The molecule has 0 aliphatic carbocycles. The van der Waals surface area contributed by atoms with Gasteiger partial charge in [-0.15, -0.1) is 0 Å². The van der Waals surface area contributed by atoms with Crippen molar-refractivity contribution in [3.05, 3.63) is 12.3 Å². The quantitative estimate of drug-likeness (QED) is 0.701. The number of aromatic nitrogens is 2. The van der Waals surface area contributed by atoms with Gasteiger partial charge in [0.1, 0.15) is 0 Å². The maximum atomic E-state index is 11.0. The molecule has 0 spiro atoms. The average molecular weight is 188 g/mol. The summed E-state index contributed by atoms with van der Waals surface area (Å²) in [5.74, 6) is 0. The molecule has 12 heavy (non-hydrogen) atoms. The molecule has 0 saturated heterocycles. The van der Waals surface area contributed by atoms with Crippen LogP contribution in [0.25, 0.3) is 0 Å². The van der Waals surface area contributed by atoms with E-state index >= 15 is 0 Å². The van der Waals surface area contributed by atoms with E-state index in [1.807, 2.05) is 6.92 Å². The maximum absolute atomic E-state index is 11.0. The van der Waals surface area contributed by atoms with Crippen molar-refractivity contribution >= 4 is 9.84 Å². The largest absolute Gasteiger partial charge is 0.271 e. The van der Waals surface area contributed by atoms with Gasteiger partial charge in [-0.1, -0.05) is 6.92 Å². The molecule has 68 valence electrons. The summed E-state index contributed by atoms with van der Waals surface area (Å²) in [4.78, 5) is 0. The molecule has 1 aromatic rings. The third-order valence-electron chi connectivity index (χ3n) is 1.45. The molecule has 4 nitrogen and oxygen atoms in total.